The molecule has 0 fully saturated rings. The quantitative estimate of drug-likeness (QED) is 0.554. The Bertz CT molecular complexity index is 1290. The molecule has 178 valence electrons. The number of ether oxygens (including phenoxy) is 1. The molecule has 1 heterocycles. The first-order valence-corrected chi connectivity index (χ1v) is 12.1. The van der Waals surface area contributed by atoms with Gasteiger partial charge in [-0.2, -0.15) is 0 Å². The lowest BCUT2D eigenvalue weighted by atomic mass is 9.89. The molecule has 1 N–H and O–H groups in total. The van der Waals surface area contributed by atoms with Crippen molar-refractivity contribution in [1.82, 2.24) is 5.32 Å². The van der Waals surface area contributed by atoms with Crippen LogP contribution in [0.25, 0.3) is 0 Å². The molecule has 1 unspecified atom stereocenters. The molecule has 3 aromatic rings. The maximum absolute atomic E-state index is 13.5. The van der Waals surface area contributed by atoms with Crippen LogP contribution in [-0.2, 0) is 14.8 Å². The van der Waals surface area contributed by atoms with Gasteiger partial charge in [0.05, 0.1) is 16.6 Å². The number of carbonyl (C=O) groups excluding carboxylic acids is 1. The number of nitrogens with one attached hydrogen (secondary N) is 1. The molecule has 9 heteroatoms. The molecule has 0 radical (unpaired) electrons. The number of amides is 1. The number of hydrogen-bond acceptors (Lipinski definition) is 4. The lowest BCUT2D eigenvalue weighted by molar-refractivity contribution is -0.120. The summed E-state index contributed by atoms with van der Waals surface area (Å²) < 4.78 is 60.5. The SMILES string of the molecule is CC1(C)CC(NC(=O)CN(c2ccc(F)cc2)S(=O)(=O)c2ccc(F)cc2)c2ccccc2O1. The van der Waals surface area contributed by atoms with E-state index in [0.29, 0.717) is 12.2 Å². The van der Waals surface area contributed by atoms with Crippen LogP contribution in [0.2, 0.25) is 0 Å². The minimum Gasteiger partial charge on any atom is -0.487 e. The summed E-state index contributed by atoms with van der Waals surface area (Å²) in [5.74, 6) is -1.04. The van der Waals surface area contributed by atoms with Crippen molar-refractivity contribution in [2.45, 2.75) is 36.8 Å². The zero-order chi connectivity index (χ0) is 24.5. The van der Waals surface area contributed by atoms with Crippen molar-refractivity contribution < 1.29 is 26.7 Å². The molecule has 1 amide bonds. The minimum atomic E-state index is -4.24. The number of carbonyl (C=O) groups is 1. The molecular weight excluding hydrogens is 462 g/mol. The third-order valence-electron chi connectivity index (χ3n) is 5.52. The molecule has 0 spiro atoms. The van der Waals surface area contributed by atoms with Gasteiger partial charge in [-0.1, -0.05) is 18.2 Å². The highest BCUT2D eigenvalue weighted by Gasteiger charge is 2.35. The van der Waals surface area contributed by atoms with Gasteiger partial charge in [-0.15, -0.1) is 0 Å². The van der Waals surface area contributed by atoms with Crippen LogP contribution in [0.5, 0.6) is 5.75 Å². The fourth-order valence-electron chi connectivity index (χ4n) is 3.96. The lowest BCUT2D eigenvalue weighted by Crippen LogP contribution is -2.45. The van der Waals surface area contributed by atoms with Gasteiger partial charge in [0, 0.05) is 12.0 Å². The summed E-state index contributed by atoms with van der Waals surface area (Å²) in [7, 11) is -4.24. The summed E-state index contributed by atoms with van der Waals surface area (Å²) in [6, 6.07) is 16.0. The van der Waals surface area contributed by atoms with E-state index >= 15 is 0 Å². The molecule has 1 aliphatic rings. The Morgan fingerprint density at radius 2 is 1.59 bits per heavy atom. The van der Waals surface area contributed by atoms with Crippen LogP contribution in [0.3, 0.4) is 0 Å². The predicted octanol–water partition coefficient (Wildman–Crippen LogP) is 4.58. The zero-order valence-corrected chi connectivity index (χ0v) is 19.5. The summed E-state index contributed by atoms with van der Waals surface area (Å²) in [6.45, 7) is 3.27. The summed E-state index contributed by atoms with van der Waals surface area (Å²) >= 11 is 0. The molecular formula is C25H24F2N2O4S. The van der Waals surface area contributed by atoms with Crippen LogP contribution in [0.1, 0.15) is 31.9 Å². The Morgan fingerprint density at radius 1 is 1.00 bits per heavy atom. The van der Waals surface area contributed by atoms with E-state index < -0.39 is 45.8 Å². The number of anilines is 1. The molecule has 4 rings (SSSR count). The smallest absolute Gasteiger partial charge is 0.264 e. The first-order chi connectivity index (χ1) is 16.0. The summed E-state index contributed by atoms with van der Waals surface area (Å²) in [4.78, 5) is 12.9. The van der Waals surface area contributed by atoms with Gasteiger partial charge in [0.1, 0.15) is 29.5 Å². The monoisotopic (exact) mass is 486 g/mol. The van der Waals surface area contributed by atoms with E-state index in [1.54, 1.807) is 0 Å². The Morgan fingerprint density at radius 3 is 2.24 bits per heavy atom. The second-order valence-corrected chi connectivity index (χ2v) is 10.5. The Labute approximate surface area is 197 Å². The predicted molar refractivity (Wildman–Crippen MR) is 124 cm³/mol. The largest absolute Gasteiger partial charge is 0.487 e. The van der Waals surface area contributed by atoms with E-state index in [9.17, 15) is 22.0 Å². The maximum Gasteiger partial charge on any atom is 0.264 e. The van der Waals surface area contributed by atoms with Crippen LogP contribution >= 0.6 is 0 Å². The highest BCUT2D eigenvalue weighted by Crippen LogP contribution is 2.39. The molecule has 0 aromatic heterocycles. The van der Waals surface area contributed by atoms with Crippen molar-refractivity contribution in [3.8, 4) is 5.75 Å². The lowest BCUT2D eigenvalue weighted by Gasteiger charge is -2.38. The molecule has 0 saturated carbocycles. The first kappa shape index (κ1) is 23.7. The minimum absolute atomic E-state index is 0.105. The first-order valence-electron chi connectivity index (χ1n) is 10.7. The van der Waals surface area contributed by atoms with Crippen molar-refractivity contribution in [3.63, 3.8) is 0 Å². The number of para-hydroxylation sites is 1. The summed E-state index contributed by atoms with van der Waals surface area (Å²) in [6.07, 6.45) is 0.483. The molecule has 34 heavy (non-hydrogen) atoms. The Kier molecular flexibility index (Phi) is 6.31. The third-order valence-corrected chi connectivity index (χ3v) is 7.30. The van der Waals surface area contributed by atoms with Gasteiger partial charge in [0.15, 0.2) is 0 Å². The van der Waals surface area contributed by atoms with Crippen molar-refractivity contribution >= 4 is 21.6 Å². The fourth-order valence-corrected chi connectivity index (χ4v) is 5.38. The highest BCUT2D eigenvalue weighted by molar-refractivity contribution is 7.92. The van der Waals surface area contributed by atoms with Crippen molar-refractivity contribution in [3.05, 3.63) is 90.0 Å². The van der Waals surface area contributed by atoms with E-state index in [-0.39, 0.29) is 10.6 Å². The molecule has 3 aromatic carbocycles. The van der Waals surface area contributed by atoms with Crippen LogP contribution in [-0.4, -0.2) is 26.5 Å². The van der Waals surface area contributed by atoms with E-state index in [1.165, 1.54) is 12.1 Å². The maximum atomic E-state index is 13.5. The number of fused-ring (bicyclic) bond motifs is 1. The van der Waals surface area contributed by atoms with Crippen molar-refractivity contribution in [2.75, 3.05) is 10.8 Å². The second kappa shape index (κ2) is 9.06. The third kappa shape index (κ3) is 5.04. The van der Waals surface area contributed by atoms with Crippen LogP contribution in [0, 0.1) is 11.6 Å². The number of rotatable bonds is 6. The highest BCUT2D eigenvalue weighted by atomic mass is 32.2. The van der Waals surface area contributed by atoms with E-state index in [4.69, 9.17) is 4.74 Å². The number of halogens is 2. The normalized spacial score (nSPS) is 16.8. The Balaban J connectivity index is 1.64. The van der Waals surface area contributed by atoms with Gasteiger partial charge >= 0.3 is 0 Å². The zero-order valence-electron chi connectivity index (χ0n) is 18.7. The molecule has 0 saturated heterocycles. The van der Waals surface area contributed by atoms with Gasteiger partial charge in [0.25, 0.3) is 10.0 Å². The van der Waals surface area contributed by atoms with Crippen molar-refractivity contribution in [1.29, 1.82) is 0 Å². The molecule has 0 aliphatic carbocycles. The van der Waals surface area contributed by atoms with Crippen LogP contribution < -0.4 is 14.4 Å². The summed E-state index contributed by atoms with van der Waals surface area (Å²) in [5.41, 5.74) is 0.363. The van der Waals surface area contributed by atoms with Gasteiger partial charge < -0.3 is 10.1 Å². The van der Waals surface area contributed by atoms with Crippen LogP contribution in [0.4, 0.5) is 14.5 Å². The number of benzene rings is 3. The topological polar surface area (TPSA) is 75.7 Å². The van der Waals surface area contributed by atoms with Gasteiger partial charge in [-0.25, -0.2) is 17.2 Å². The number of sulfonamides is 1. The van der Waals surface area contributed by atoms with Crippen molar-refractivity contribution in [2.24, 2.45) is 0 Å². The standard InChI is InChI=1S/C25H24F2N2O4S/c1-25(2)15-22(21-5-3-4-6-23(21)33-25)28-24(30)16-29(19-11-7-17(26)8-12-19)34(31,32)20-13-9-18(27)10-14-20/h3-14,22H,15-16H2,1-2H3,(H,28,30). The molecule has 1 atom stereocenters. The van der Waals surface area contributed by atoms with E-state index in [1.807, 2.05) is 38.1 Å². The second-order valence-electron chi connectivity index (χ2n) is 8.67. The van der Waals surface area contributed by atoms with Gasteiger partial charge in [-0.05, 0) is 68.4 Å². The number of hydrogen-bond donors (Lipinski definition) is 1. The average Bonchev–Trinajstić information content (AvgIpc) is 2.77. The average molecular weight is 487 g/mol. The summed E-state index contributed by atoms with van der Waals surface area (Å²) in [5, 5.41) is 2.92. The van der Waals surface area contributed by atoms with Crippen LogP contribution in [0.15, 0.2) is 77.7 Å². The van der Waals surface area contributed by atoms with E-state index in [2.05, 4.69) is 5.32 Å². The Hall–Kier alpha value is -3.46. The fraction of sp³-hybridized carbons (Fsp3) is 0.240. The van der Waals surface area contributed by atoms with E-state index in [0.717, 1.165) is 46.3 Å². The molecule has 0 bridgehead atoms. The van der Waals surface area contributed by atoms with Gasteiger partial charge in [-0.3, -0.25) is 9.10 Å². The number of nitrogens with zero attached hydrogens (tertiary/aromatic N) is 1. The molecule has 1 aliphatic heterocycles. The molecule has 6 nitrogen and oxygen atoms in total. The van der Waals surface area contributed by atoms with Gasteiger partial charge in [0.2, 0.25) is 5.91 Å².